The second-order valence-corrected chi connectivity index (χ2v) is 5.29. The van der Waals surface area contributed by atoms with Crippen molar-refractivity contribution in [3.05, 3.63) is 0 Å². The highest BCUT2D eigenvalue weighted by Gasteiger charge is 2.14. The maximum atomic E-state index is 3.50. The molecule has 1 N–H and O–H groups in total. The Kier molecular flexibility index (Phi) is 6.26. The normalized spacial score (nSPS) is 22.6. The van der Waals surface area contributed by atoms with Crippen LogP contribution < -0.4 is 5.32 Å². The molecular formula is C13H28N2. The Hall–Kier alpha value is -0.0800. The van der Waals surface area contributed by atoms with Gasteiger partial charge < -0.3 is 10.2 Å². The van der Waals surface area contributed by atoms with Crippen LogP contribution in [0.5, 0.6) is 0 Å². The zero-order chi connectivity index (χ0) is 11.1. The molecule has 0 spiro atoms. The summed E-state index contributed by atoms with van der Waals surface area (Å²) in [7, 11) is 0. The lowest BCUT2D eigenvalue weighted by Crippen LogP contribution is -2.34. The first-order chi connectivity index (χ1) is 7.22. The summed E-state index contributed by atoms with van der Waals surface area (Å²) < 4.78 is 0. The first-order valence-electron chi connectivity index (χ1n) is 6.65. The Bertz CT molecular complexity index is 151. The number of nitrogens with zero attached hydrogens (tertiary/aromatic N) is 1. The molecule has 0 aromatic carbocycles. The van der Waals surface area contributed by atoms with Gasteiger partial charge in [0.25, 0.3) is 0 Å². The summed E-state index contributed by atoms with van der Waals surface area (Å²) in [6, 6.07) is 0. The molecular weight excluding hydrogens is 184 g/mol. The SMILES string of the molecule is CCN(CCC1CCCNC1)CC(C)C. The molecule has 90 valence electrons. The molecule has 0 amide bonds. The van der Waals surface area contributed by atoms with Crippen molar-refractivity contribution in [3.63, 3.8) is 0 Å². The highest BCUT2D eigenvalue weighted by atomic mass is 15.1. The van der Waals surface area contributed by atoms with Gasteiger partial charge in [0.05, 0.1) is 0 Å². The number of hydrogen-bond donors (Lipinski definition) is 1. The molecule has 1 heterocycles. The molecule has 1 atom stereocenters. The zero-order valence-corrected chi connectivity index (χ0v) is 10.8. The lowest BCUT2D eigenvalue weighted by atomic mass is 9.96. The van der Waals surface area contributed by atoms with Crippen molar-refractivity contribution >= 4 is 0 Å². The maximum Gasteiger partial charge on any atom is 0.000427 e. The van der Waals surface area contributed by atoms with E-state index in [1.165, 1.54) is 52.0 Å². The number of piperidine rings is 1. The molecule has 15 heavy (non-hydrogen) atoms. The van der Waals surface area contributed by atoms with Crippen LogP contribution in [0, 0.1) is 11.8 Å². The van der Waals surface area contributed by atoms with Gasteiger partial charge in [-0.05, 0) is 57.3 Å². The predicted molar refractivity (Wildman–Crippen MR) is 67.2 cm³/mol. The van der Waals surface area contributed by atoms with Gasteiger partial charge in [0, 0.05) is 6.54 Å². The van der Waals surface area contributed by atoms with E-state index in [0.717, 1.165) is 11.8 Å². The molecule has 1 fully saturated rings. The van der Waals surface area contributed by atoms with E-state index >= 15 is 0 Å². The van der Waals surface area contributed by atoms with E-state index in [1.54, 1.807) is 0 Å². The Morgan fingerprint density at radius 1 is 1.40 bits per heavy atom. The summed E-state index contributed by atoms with van der Waals surface area (Å²) in [4.78, 5) is 2.60. The fourth-order valence-corrected chi connectivity index (χ4v) is 2.43. The molecule has 1 unspecified atom stereocenters. The zero-order valence-electron chi connectivity index (χ0n) is 10.8. The fraction of sp³-hybridized carbons (Fsp3) is 1.00. The molecule has 0 bridgehead atoms. The van der Waals surface area contributed by atoms with Crippen molar-refractivity contribution in [2.75, 3.05) is 32.7 Å². The highest BCUT2D eigenvalue weighted by Crippen LogP contribution is 2.14. The standard InChI is InChI=1S/C13H28N2/c1-4-15(11-12(2)3)9-7-13-6-5-8-14-10-13/h12-14H,4-11H2,1-3H3. The van der Waals surface area contributed by atoms with Crippen molar-refractivity contribution in [1.82, 2.24) is 10.2 Å². The molecule has 1 aliphatic heterocycles. The van der Waals surface area contributed by atoms with Crippen molar-refractivity contribution in [1.29, 1.82) is 0 Å². The third-order valence-electron chi connectivity index (χ3n) is 3.32. The van der Waals surface area contributed by atoms with Crippen LogP contribution in [-0.4, -0.2) is 37.6 Å². The second-order valence-electron chi connectivity index (χ2n) is 5.29. The van der Waals surface area contributed by atoms with E-state index in [2.05, 4.69) is 31.0 Å². The van der Waals surface area contributed by atoms with Gasteiger partial charge in [-0.15, -0.1) is 0 Å². The summed E-state index contributed by atoms with van der Waals surface area (Å²) in [5.41, 5.74) is 0. The summed E-state index contributed by atoms with van der Waals surface area (Å²) in [6.45, 7) is 13.1. The van der Waals surface area contributed by atoms with Crippen molar-refractivity contribution in [2.24, 2.45) is 11.8 Å². The van der Waals surface area contributed by atoms with Crippen LogP contribution in [0.1, 0.15) is 40.0 Å². The molecule has 2 heteroatoms. The van der Waals surface area contributed by atoms with Crippen LogP contribution in [-0.2, 0) is 0 Å². The van der Waals surface area contributed by atoms with Gasteiger partial charge in [-0.2, -0.15) is 0 Å². The van der Waals surface area contributed by atoms with Crippen LogP contribution in [0.2, 0.25) is 0 Å². The topological polar surface area (TPSA) is 15.3 Å². The van der Waals surface area contributed by atoms with Crippen molar-refractivity contribution in [3.8, 4) is 0 Å². The minimum atomic E-state index is 0.800. The number of nitrogens with one attached hydrogen (secondary N) is 1. The van der Waals surface area contributed by atoms with Gasteiger partial charge in [-0.25, -0.2) is 0 Å². The second kappa shape index (κ2) is 7.24. The van der Waals surface area contributed by atoms with E-state index in [-0.39, 0.29) is 0 Å². The van der Waals surface area contributed by atoms with E-state index in [9.17, 15) is 0 Å². The first kappa shape index (κ1) is 13.0. The van der Waals surface area contributed by atoms with E-state index in [4.69, 9.17) is 0 Å². The molecule has 1 aliphatic rings. The molecule has 0 radical (unpaired) electrons. The van der Waals surface area contributed by atoms with Crippen molar-refractivity contribution in [2.45, 2.75) is 40.0 Å². The van der Waals surface area contributed by atoms with Gasteiger partial charge >= 0.3 is 0 Å². The highest BCUT2D eigenvalue weighted by molar-refractivity contribution is 4.71. The first-order valence-corrected chi connectivity index (χ1v) is 6.65. The van der Waals surface area contributed by atoms with Crippen LogP contribution in [0.25, 0.3) is 0 Å². The molecule has 0 aromatic rings. The predicted octanol–water partition coefficient (Wildman–Crippen LogP) is 2.35. The van der Waals surface area contributed by atoms with Gasteiger partial charge in [0.1, 0.15) is 0 Å². The van der Waals surface area contributed by atoms with Crippen LogP contribution in [0.4, 0.5) is 0 Å². The smallest absolute Gasteiger partial charge is 0.000427 e. The molecule has 0 saturated carbocycles. The average molecular weight is 212 g/mol. The molecule has 0 aliphatic carbocycles. The summed E-state index contributed by atoms with van der Waals surface area (Å²) in [5, 5.41) is 3.50. The van der Waals surface area contributed by atoms with Gasteiger partial charge in [0.15, 0.2) is 0 Å². The fourth-order valence-electron chi connectivity index (χ4n) is 2.43. The monoisotopic (exact) mass is 212 g/mol. The Balaban J connectivity index is 2.14. The average Bonchev–Trinajstić information content (AvgIpc) is 2.25. The largest absolute Gasteiger partial charge is 0.316 e. The lowest BCUT2D eigenvalue weighted by Gasteiger charge is -2.27. The van der Waals surface area contributed by atoms with Crippen LogP contribution in [0.3, 0.4) is 0 Å². The minimum absolute atomic E-state index is 0.800. The van der Waals surface area contributed by atoms with Gasteiger partial charge in [0.2, 0.25) is 0 Å². The summed E-state index contributed by atoms with van der Waals surface area (Å²) in [5.74, 6) is 1.73. The summed E-state index contributed by atoms with van der Waals surface area (Å²) in [6.07, 6.45) is 4.20. The van der Waals surface area contributed by atoms with Gasteiger partial charge in [-0.3, -0.25) is 0 Å². The quantitative estimate of drug-likeness (QED) is 0.727. The van der Waals surface area contributed by atoms with E-state index in [1.807, 2.05) is 0 Å². The maximum absolute atomic E-state index is 3.50. The minimum Gasteiger partial charge on any atom is -0.316 e. The Morgan fingerprint density at radius 2 is 2.20 bits per heavy atom. The number of rotatable bonds is 6. The third-order valence-corrected chi connectivity index (χ3v) is 3.32. The number of hydrogen-bond acceptors (Lipinski definition) is 2. The Labute approximate surface area is 95.4 Å². The van der Waals surface area contributed by atoms with E-state index < -0.39 is 0 Å². The molecule has 1 rings (SSSR count). The van der Waals surface area contributed by atoms with Crippen molar-refractivity contribution < 1.29 is 0 Å². The van der Waals surface area contributed by atoms with Crippen LogP contribution >= 0.6 is 0 Å². The Morgan fingerprint density at radius 3 is 2.73 bits per heavy atom. The molecule has 0 aromatic heterocycles. The van der Waals surface area contributed by atoms with E-state index in [0.29, 0.717) is 0 Å². The third kappa shape index (κ3) is 5.53. The lowest BCUT2D eigenvalue weighted by molar-refractivity contribution is 0.225. The summed E-state index contributed by atoms with van der Waals surface area (Å²) >= 11 is 0. The van der Waals surface area contributed by atoms with Crippen LogP contribution in [0.15, 0.2) is 0 Å². The van der Waals surface area contributed by atoms with Gasteiger partial charge in [-0.1, -0.05) is 20.8 Å². The molecule has 2 nitrogen and oxygen atoms in total. The molecule has 1 saturated heterocycles.